The first-order chi connectivity index (χ1) is 13.3. The summed E-state index contributed by atoms with van der Waals surface area (Å²) >= 11 is 0. The maximum atomic E-state index is 10.7. The molecular formula is C20H28F3NO5. The van der Waals surface area contributed by atoms with Gasteiger partial charge in [-0.3, -0.25) is 4.79 Å². The van der Waals surface area contributed by atoms with Crippen LogP contribution in [0, 0.1) is 6.92 Å². The zero-order valence-corrected chi connectivity index (χ0v) is 16.8. The second-order valence-electron chi connectivity index (χ2n) is 7.44. The van der Waals surface area contributed by atoms with Gasteiger partial charge in [-0.05, 0) is 56.7 Å². The van der Waals surface area contributed by atoms with Gasteiger partial charge >= 0.3 is 18.1 Å². The molecule has 164 valence electrons. The summed E-state index contributed by atoms with van der Waals surface area (Å²) in [7, 11) is 0. The first kappa shape index (κ1) is 24.9. The smallest absolute Gasteiger partial charge is 0.481 e. The van der Waals surface area contributed by atoms with Gasteiger partial charge in [-0.2, -0.15) is 13.2 Å². The van der Waals surface area contributed by atoms with E-state index in [9.17, 15) is 18.0 Å². The standard InChI is InChI=1S/C18H27NO3.C2HF3O2/c1-13(2)22-18(7-4-8-18)12-19-11-16-6-5-15(9-14(16)3)10-17(20)21;3-2(4,5)1(6)7/h5-6,9,13,19H,4,7-8,10-12H2,1-3H3,(H,20,21);(H,6,7). The number of alkyl halides is 3. The van der Waals surface area contributed by atoms with Crippen molar-refractivity contribution in [3.8, 4) is 0 Å². The van der Waals surface area contributed by atoms with Gasteiger partial charge in [-0.25, -0.2) is 4.79 Å². The number of ether oxygens (including phenoxy) is 1. The molecule has 0 spiro atoms. The summed E-state index contributed by atoms with van der Waals surface area (Å²) in [6.07, 6.45) is -1.22. The van der Waals surface area contributed by atoms with E-state index >= 15 is 0 Å². The molecular weight excluding hydrogens is 391 g/mol. The van der Waals surface area contributed by atoms with Crippen LogP contribution in [-0.4, -0.2) is 46.6 Å². The third-order valence-electron chi connectivity index (χ3n) is 4.52. The predicted molar refractivity (Wildman–Crippen MR) is 101 cm³/mol. The Balaban J connectivity index is 0.000000516. The molecule has 0 heterocycles. The average Bonchev–Trinajstić information content (AvgIpc) is 2.53. The van der Waals surface area contributed by atoms with Crippen LogP contribution in [0.1, 0.15) is 49.8 Å². The Morgan fingerprint density at radius 2 is 1.83 bits per heavy atom. The van der Waals surface area contributed by atoms with Crippen molar-refractivity contribution in [2.24, 2.45) is 0 Å². The van der Waals surface area contributed by atoms with Crippen molar-refractivity contribution >= 4 is 11.9 Å². The zero-order chi connectivity index (χ0) is 22.2. The lowest BCUT2D eigenvalue weighted by Gasteiger charge is -2.43. The minimum atomic E-state index is -5.08. The second kappa shape index (κ2) is 10.6. The molecule has 0 unspecified atom stereocenters. The Kier molecular flexibility index (Phi) is 9.10. The molecule has 1 fully saturated rings. The van der Waals surface area contributed by atoms with Crippen molar-refractivity contribution in [3.05, 3.63) is 34.9 Å². The maximum Gasteiger partial charge on any atom is 0.490 e. The van der Waals surface area contributed by atoms with Crippen LogP contribution >= 0.6 is 0 Å². The largest absolute Gasteiger partial charge is 0.490 e. The van der Waals surface area contributed by atoms with Crippen molar-refractivity contribution in [1.82, 2.24) is 5.32 Å². The van der Waals surface area contributed by atoms with E-state index in [1.165, 1.54) is 12.0 Å². The molecule has 2 rings (SSSR count). The molecule has 3 N–H and O–H groups in total. The fraction of sp³-hybridized carbons (Fsp3) is 0.600. The summed E-state index contributed by atoms with van der Waals surface area (Å²) in [6.45, 7) is 7.88. The van der Waals surface area contributed by atoms with Gasteiger partial charge in [0.25, 0.3) is 0 Å². The number of carbonyl (C=O) groups is 2. The highest BCUT2D eigenvalue weighted by Crippen LogP contribution is 2.36. The number of hydrogen-bond acceptors (Lipinski definition) is 4. The van der Waals surface area contributed by atoms with Crippen molar-refractivity contribution in [3.63, 3.8) is 0 Å². The van der Waals surface area contributed by atoms with E-state index < -0.39 is 18.1 Å². The lowest BCUT2D eigenvalue weighted by atomic mass is 9.79. The Bertz CT molecular complexity index is 700. The maximum absolute atomic E-state index is 10.7. The van der Waals surface area contributed by atoms with E-state index in [4.69, 9.17) is 19.7 Å². The molecule has 1 aliphatic rings. The quantitative estimate of drug-likeness (QED) is 0.595. The number of carboxylic acid groups (broad SMARTS) is 2. The van der Waals surface area contributed by atoms with Crippen LogP contribution in [0.15, 0.2) is 18.2 Å². The minimum absolute atomic E-state index is 0.0192. The molecule has 0 radical (unpaired) electrons. The lowest BCUT2D eigenvalue weighted by Crippen LogP contribution is -2.49. The van der Waals surface area contributed by atoms with Crippen LogP contribution in [-0.2, 0) is 27.3 Å². The summed E-state index contributed by atoms with van der Waals surface area (Å²) in [4.78, 5) is 19.6. The first-order valence-corrected chi connectivity index (χ1v) is 9.33. The molecule has 0 saturated heterocycles. The van der Waals surface area contributed by atoms with E-state index in [1.54, 1.807) is 0 Å². The van der Waals surface area contributed by atoms with Crippen LogP contribution in [0.5, 0.6) is 0 Å². The van der Waals surface area contributed by atoms with Gasteiger partial charge in [0.2, 0.25) is 0 Å². The highest BCUT2D eigenvalue weighted by Gasteiger charge is 2.39. The zero-order valence-electron chi connectivity index (χ0n) is 16.8. The number of aryl methyl sites for hydroxylation is 1. The van der Waals surface area contributed by atoms with Crippen LogP contribution in [0.3, 0.4) is 0 Å². The Hall–Kier alpha value is -2.13. The van der Waals surface area contributed by atoms with E-state index in [2.05, 4.69) is 19.2 Å². The number of rotatable bonds is 8. The molecule has 0 bridgehead atoms. The molecule has 9 heteroatoms. The van der Waals surface area contributed by atoms with Gasteiger partial charge < -0.3 is 20.3 Å². The normalized spacial score (nSPS) is 15.3. The van der Waals surface area contributed by atoms with Gasteiger partial charge in [0, 0.05) is 13.1 Å². The van der Waals surface area contributed by atoms with Crippen LogP contribution in [0.4, 0.5) is 13.2 Å². The fourth-order valence-electron chi connectivity index (χ4n) is 3.07. The average molecular weight is 419 g/mol. The molecule has 6 nitrogen and oxygen atoms in total. The molecule has 0 amide bonds. The minimum Gasteiger partial charge on any atom is -0.481 e. The summed E-state index contributed by atoms with van der Waals surface area (Å²) in [5.41, 5.74) is 3.23. The van der Waals surface area contributed by atoms with Crippen molar-refractivity contribution in [1.29, 1.82) is 0 Å². The predicted octanol–water partition coefficient (Wildman–Crippen LogP) is 3.69. The van der Waals surface area contributed by atoms with Gasteiger partial charge in [-0.15, -0.1) is 0 Å². The summed E-state index contributed by atoms with van der Waals surface area (Å²) in [5.74, 6) is -3.55. The van der Waals surface area contributed by atoms with E-state index in [0.717, 1.165) is 37.1 Å². The molecule has 1 aromatic carbocycles. The highest BCUT2D eigenvalue weighted by molar-refractivity contribution is 5.73. The Morgan fingerprint density at radius 1 is 1.24 bits per heavy atom. The van der Waals surface area contributed by atoms with E-state index in [0.29, 0.717) is 0 Å². The topological polar surface area (TPSA) is 95.9 Å². The third kappa shape index (κ3) is 8.82. The number of nitrogens with one attached hydrogen (secondary N) is 1. The third-order valence-corrected chi connectivity index (χ3v) is 4.52. The van der Waals surface area contributed by atoms with Crippen LogP contribution in [0.2, 0.25) is 0 Å². The van der Waals surface area contributed by atoms with Crippen molar-refractivity contribution in [2.45, 2.75) is 70.9 Å². The van der Waals surface area contributed by atoms with Gasteiger partial charge in [0.1, 0.15) is 0 Å². The SMILES string of the molecule is Cc1cc(CC(=O)O)ccc1CNCC1(OC(C)C)CCC1.O=C(O)C(F)(F)F. The van der Waals surface area contributed by atoms with E-state index in [-0.39, 0.29) is 18.1 Å². The molecule has 1 aliphatic carbocycles. The van der Waals surface area contributed by atoms with Gasteiger partial charge in [0.15, 0.2) is 0 Å². The summed E-state index contributed by atoms with van der Waals surface area (Å²) in [6, 6.07) is 5.90. The van der Waals surface area contributed by atoms with Crippen molar-refractivity contribution < 1.29 is 37.7 Å². The molecule has 29 heavy (non-hydrogen) atoms. The molecule has 1 aromatic rings. The monoisotopic (exact) mass is 419 g/mol. The van der Waals surface area contributed by atoms with Crippen molar-refractivity contribution in [2.75, 3.05) is 6.54 Å². The number of aliphatic carboxylic acids is 2. The second-order valence-corrected chi connectivity index (χ2v) is 7.44. The van der Waals surface area contributed by atoms with Crippen LogP contribution in [0.25, 0.3) is 0 Å². The number of hydrogen-bond donors (Lipinski definition) is 3. The fourth-order valence-corrected chi connectivity index (χ4v) is 3.07. The number of carboxylic acids is 2. The Labute approximate surface area is 168 Å². The van der Waals surface area contributed by atoms with Gasteiger partial charge in [-0.1, -0.05) is 18.2 Å². The Morgan fingerprint density at radius 3 is 2.21 bits per heavy atom. The molecule has 0 aromatic heterocycles. The summed E-state index contributed by atoms with van der Waals surface area (Å²) < 4.78 is 37.8. The molecule has 0 aliphatic heterocycles. The van der Waals surface area contributed by atoms with E-state index in [1.807, 2.05) is 25.1 Å². The molecule has 0 atom stereocenters. The summed E-state index contributed by atoms with van der Waals surface area (Å²) in [5, 5.41) is 19.5. The highest BCUT2D eigenvalue weighted by atomic mass is 19.4. The number of halogens is 3. The molecule has 1 saturated carbocycles. The van der Waals surface area contributed by atoms with Crippen LogP contribution < -0.4 is 5.32 Å². The first-order valence-electron chi connectivity index (χ1n) is 9.33. The number of benzene rings is 1. The van der Waals surface area contributed by atoms with Gasteiger partial charge in [0.05, 0.1) is 18.1 Å². The lowest BCUT2D eigenvalue weighted by molar-refractivity contribution is -0.192.